The minimum absolute atomic E-state index is 0.204. The molecule has 0 spiro atoms. The van der Waals surface area contributed by atoms with Gasteiger partial charge in [0, 0.05) is 6.08 Å². The molecule has 11 heteroatoms. The highest BCUT2D eigenvalue weighted by molar-refractivity contribution is 5.91. The third-order valence-corrected chi connectivity index (χ3v) is 7.91. The van der Waals surface area contributed by atoms with Crippen LogP contribution in [0.1, 0.15) is 66.6 Å². The maximum atomic E-state index is 12.9. The molecular weight excluding hydrogens is 676 g/mol. The highest BCUT2D eigenvalue weighted by Crippen LogP contribution is 2.23. The molecule has 0 radical (unpaired) electrons. The van der Waals surface area contributed by atoms with Gasteiger partial charge in [0.15, 0.2) is 0 Å². The van der Waals surface area contributed by atoms with Gasteiger partial charge in [-0.1, -0.05) is 26.0 Å². The molecule has 270 valence electrons. The van der Waals surface area contributed by atoms with Crippen molar-refractivity contribution in [2.75, 3.05) is 13.2 Å². The van der Waals surface area contributed by atoms with Gasteiger partial charge in [0.2, 0.25) is 0 Å². The van der Waals surface area contributed by atoms with Crippen LogP contribution in [0.15, 0.2) is 103 Å². The molecule has 0 amide bonds. The largest absolute Gasteiger partial charge is 0.494 e. The first-order chi connectivity index (χ1) is 25.7. The average molecular weight is 715 g/mol. The first kappa shape index (κ1) is 39.1. The van der Waals surface area contributed by atoms with Gasteiger partial charge in [-0.15, -0.1) is 0 Å². The summed E-state index contributed by atoms with van der Waals surface area (Å²) < 4.78 is 27.3. The molecule has 0 N–H and O–H groups in total. The summed E-state index contributed by atoms with van der Waals surface area (Å²) in [6.45, 7) is 4.14. The van der Waals surface area contributed by atoms with Crippen LogP contribution in [0.4, 0.5) is 0 Å². The highest BCUT2D eigenvalue weighted by atomic mass is 16.5. The van der Waals surface area contributed by atoms with Crippen molar-refractivity contribution in [3.63, 3.8) is 0 Å². The standard InChI is InChI=1S/C42H38N2O9/c1-3-33(41(47)52-38-21-19-36(20-22-38)51-39(45)23-12-30-6-8-31(27-43)9-7-30)26-29(2)40(46)50-25-5-4-24-49-35-17-13-34(14-18-35)42(48)53-37-15-10-32(28-44)11-16-37/h6-23,29,33H,3-5,24-26H2,1-2H3. The van der Waals surface area contributed by atoms with Crippen molar-refractivity contribution < 1.29 is 42.9 Å². The second-order valence-corrected chi connectivity index (χ2v) is 11.9. The van der Waals surface area contributed by atoms with E-state index in [0.29, 0.717) is 54.1 Å². The number of nitriles is 2. The SMILES string of the molecule is CCC(CC(C)C(=O)OCCCCOc1ccc(C(=O)Oc2ccc(C#N)cc2)cc1)C(=O)Oc1ccc(OC(=O)C=Cc2ccc(C#N)cc2)cc1. The number of hydrogen-bond donors (Lipinski definition) is 0. The van der Waals surface area contributed by atoms with Crippen LogP contribution >= 0.6 is 0 Å². The Hall–Kier alpha value is -6.72. The molecule has 0 bridgehead atoms. The van der Waals surface area contributed by atoms with Crippen molar-refractivity contribution in [3.8, 4) is 35.1 Å². The predicted octanol–water partition coefficient (Wildman–Crippen LogP) is 7.63. The maximum Gasteiger partial charge on any atom is 0.343 e. The molecule has 0 aliphatic carbocycles. The van der Waals surface area contributed by atoms with E-state index < -0.39 is 35.7 Å². The molecular formula is C42H38N2O9. The van der Waals surface area contributed by atoms with Crippen LogP contribution in [-0.4, -0.2) is 37.1 Å². The van der Waals surface area contributed by atoms with E-state index >= 15 is 0 Å². The van der Waals surface area contributed by atoms with Gasteiger partial charge in [0.25, 0.3) is 0 Å². The molecule has 2 unspecified atom stereocenters. The first-order valence-electron chi connectivity index (χ1n) is 17.0. The summed E-state index contributed by atoms with van der Waals surface area (Å²) >= 11 is 0. The number of nitrogens with zero attached hydrogens (tertiary/aromatic N) is 2. The quantitative estimate of drug-likeness (QED) is 0.0457. The van der Waals surface area contributed by atoms with E-state index in [1.54, 1.807) is 85.8 Å². The van der Waals surface area contributed by atoms with Crippen LogP contribution in [0, 0.1) is 34.5 Å². The Morgan fingerprint density at radius 3 is 1.79 bits per heavy atom. The van der Waals surface area contributed by atoms with E-state index in [-0.39, 0.29) is 24.5 Å². The van der Waals surface area contributed by atoms with E-state index in [0.717, 1.165) is 5.56 Å². The van der Waals surface area contributed by atoms with Crippen molar-refractivity contribution in [1.29, 1.82) is 10.5 Å². The number of hydrogen-bond acceptors (Lipinski definition) is 11. The fourth-order valence-electron chi connectivity index (χ4n) is 4.87. The summed E-state index contributed by atoms with van der Waals surface area (Å²) in [6.07, 6.45) is 4.77. The lowest BCUT2D eigenvalue weighted by molar-refractivity contribution is -0.149. The fourth-order valence-corrected chi connectivity index (χ4v) is 4.87. The molecule has 0 saturated carbocycles. The summed E-state index contributed by atoms with van der Waals surface area (Å²) in [4.78, 5) is 50.1. The summed E-state index contributed by atoms with van der Waals surface area (Å²) in [5, 5.41) is 17.8. The monoisotopic (exact) mass is 714 g/mol. The van der Waals surface area contributed by atoms with E-state index in [9.17, 15) is 19.2 Å². The highest BCUT2D eigenvalue weighted by Gasteiger charge is 2.26. The van der Waals surface area contributed by atoms with Gasteiger partial charge < -0.3 is 23.7 Å². The van der Waals surface area contributed by atoms with Gasteiger partial charge in [-0.05, 0) is 122 Å². The Morgan fingerprint density at radius 1 is 0.660 bits per heavy atom. The average Bonchev–Trinajstić information content (AvgIpc) is 3.18. The molecule has 4 rings (SSSR count). The summed E-state index contributed by atoms with van der Waals surface area (Å²) in [5.41, 5.74) is 2.08. The molecule has 0 saturated heterocycles. The Labute approximate surface area is 307 Å². The molecule has 0 heterocycles. The topological polar surface area (TPSA) is 162 Å². The summed E-state index contributed by atoms with van der Waals surface area (Å²) in [7, 11) is 0. The lowest BCUT2D eigenvalue weighted by Gasteiger charge is -2.18. The van der Waals surface area contributed by atoms with Crippen molar-refractivity contribution in [3.05, 3.63) is 125 Å². The van der Waals surface area contributed by atoms with Gasteiger partial charge >= 0.3 is 23.9 Å². The first-order valence-corrected chi connectivity index (χ1v) is 17.0. The van der Waals surface area contributed by atoms with E-state index in [1.165, 1.54) is 30.3 Å². The number of esters is 4. The second kappa shape index (κ2) is 20.2. The normalized spacial score (nSPS) is 11.7. The van der Waals surface area contributed by atoms with Gasteiger partial charge in [-0.3, -0.25) is 9.59 Å². The molecule has 0 aliphatic rings. The number of carbonyl (C=O) groups excluding carboxylic acids is 4. The number of carbonyl (C=O) groups is 4. The van der Waals surface area contributed by atoms with E-state index in [1.807, 2.05) is 19.1 Å². The molecule has 53 heavy (non-hydrogen) atoms. The molecule has 11 nitrogen and oxygen atoms in total. The molecule has 4 aromatic carbocycles. The van der Waals surface area contributed by atoms with E-state index in [2.05, 4.69) is 0 Å². The van der Waals surface area contributed by atoms with Crippen LogP contribution in [-0.2, 0) is 19.1 Å². The van der Waals surface area contributed by atoms with Crippen molar-refractivity contribution in [2.24, 2.45) is 11.8 Å². The zero-order valence-corrected chi connectivity index (χ0v) is 29.4. The Bertz CT molecular complexity index is 1960. The second-order valence-electron chi connectivity index (χ2n) is 11.9. The van der Waals surface area contributed by atoms with Crippen molar-refractivity contribution in [1.82, 2.24) is 0 Å². The third-order valence-electron chi connectivity index (χ3n) is 7.91. The Balaban J connectivity index is 1.11. The van der Waals surface area contributed by atoms with Gasteiger partial charge in [0.05, 0.1) is 53.9 Å². The smallest absolute Gasteiger partial charge is 0.343 e. The Kier molecular flexibility index (Phi) is 14.9. The lowest BCUT2D eigenvalue weighted by atomic mass is 9.94. The fraction of sp³-hybridized carbons (Fsp3) is 0.238. The number of rotatable bonds is 17. The van der Waals surface area contributed by atoms with E-state index in [4.69, 9.17) is 34.2 Å². The van der Waals surface area contributed by atoms with Crippen LogP contribution < -0.4 is 18.9 Å². The third kappa shape index (κ3) is 12.8. The van der Waals surface area contributed by atoms with Crippen LogP contribution in [0.5, 0.6) is 23.0 Å². The van der Waals surface area contributed by atoms with Gasteiger partial charge in [0.1, 0.15) is 23.0 Å². The zero-order chi connectivity index (χ0) is 38.0. The van der Waals surface area contributed by atoms with Crippen LogP contribution in [0.3, 0.4) is 0 Å². The van der Waals surface area contributed by atoms with Crippen LogP contribution in [0.2, 0.25) is 0 Å². The minimum Gasteiger partial charge on any atom is -0.494 e. The van der Waals surface area contributed by atoms with Gasteiger partial charge in [-0.2, -0.15) is 10.5 Å². The molecule has 0 aliphatic heterocycles. The van der Waals surface area contributed by atoms with Crippen LogP contribution in [0.25, 0.3) is 6.08 Å². The van der Waals surface area contributed by atoms with Crippen molar-refractivity contribution >= 4 is 30.0 Å². The molecule has 0 aromatic heterocycles. The molecule has 0 fully saturated rings. The van der Waals surface area contributed by atoms with Gasteiger partial charge in [-0.25, -0.2) is 9.59 Å². The molecule has 2 atom stereocenters. The number of benzene rings is 4. The minimum atomic E-state index is -0.592. The predicted molar refractivity (Wildman–Crippen MR) is 194 cm³/mol. The maximum absolute atomic E-state index is 12.9. The lowest BCUT2D eigenvalue weighted by Crippen LogP contribution is -2.26. The number of unbranched alkanes of at least 4 members (excludes halogenated alkanes) is 1. The number of ether oxygens (including phenoxy) is 5. The Morgan fingerprint density at radius 2 is 1.19 bits per heavy atom. The molecule has 4 aromatic rings. The summed E-state index contributed by atoms with van der Waals surface area (Å²) in [6, 6.07) is 29.6. The van der Waals surface area contributed by atoms with Crippen molar-refractivity contribution in [2.45, 2.75) is 39.5 Å². The summed E-state index contributed by atoms with van der Waals surface area (Å²) in [5.74, 6) is -1.59. The zero-order valence-electron chi connectivity index (χ0n) is 29.4.